The van der Waals surface area contributed by atoms with Gasteiger partial charge in [-0.05, 0) is 44.4 Å². The standard InChI is InChI=1S/C20H24N2O2/c1-15-6-8-17(9-7-15)20(10-13-24-14-11-20)19(23)22-16(2)18-5-3-4-12-21-18/h3-9,12,16H,10-11,13-14H2,1-2H3,(H,22,23)/t16-/m1/s1. The molecule has 1 N–H and O–H groups in total. The number of hydrogen-bond donors (Lipinski definition) is 1. The fourth-order valence-electron chi connectivity index (χ4n) is 3.28. The maximum absolute atomic E-state index is 13.2. The molecule has 0 saturated carbocycles. The summed E-state index contributed by atoms with van der Waals surface area (Å²) in [5.74, 6) is 0.0628. The van der Waals surface area contributed by atoms with Crippen LogP contribution in [-0.2, 0) is 14.9 Å². The summed E-state index contributed by atoms with van der Waals surface area (Å²) in [6.07, 6.45) is 3.16. The first kappa shape index (κ1) is 16.7. The molecular formula is C20H24N2O2. The molecule has 0 aliphatic carbocycles. The molecule has 1 aromatic carbocycles. The van der Waals surface area contributed by atoms with Crippen LogP contribution in [0.2, 0.25) is 0 Å². The molecule has 3 rings (SSSR count). The Morgan fingerprint density at radius 3 is 2.50 bits per heavy atom. The molecule has 126 valence electrons. The number of rotatable bonds is 4. The zero-order valence-corrected chi connectivity index (χ0v) is 14.3. The highest BCUT2D eigenvalue weighted by Crippen LogP contribution is 2.36. The van der Waals surface area contributed by atoms with Crippen LogP contribution in [-0.4, -0.2) is 24.1 Å². The predicted octanol–water partition coefficient (Wildman–Crippen LogP) is 3.32. The number of pyridine rings is 1. The fourth-order valence-corrected chi connectivity index (χ4v) is 3.28. The van der Waals surface area contributed by atoms with Crippen molar-refractivity contribution in [3.8, 4) is 0 Å². The number of aryl methyl sites for hydroxylation is 1. The smallest absolute Gasteiger partial charge is 0.231 e. The number of aromatic nitrogens is 1. The van der Waals surface area contributed by atoms with Crippen molar-refractivity contribution in [2.75, 3.05) is 13.2 Å². The van der Waals surface area contributed by atoms with Gasteiger partial charge in [0.2, 0.25) is 5.91 Å². The summed E-state index contributed by atoms with van der Waals surface area (Å²) in [6.45, 7) is 5.25. The molecule has 0 unspecified atom stereocenters. The van der Waals surface area contributed by atoms with Crippen molar-refractivity contribution >= 4 is 5.91 Å². The maximum Gasteiger partial charge on any atom is 0.231 e. The van der Waals surface area contributed by atoms with Gasteiger partial charge in [0.15, 0.2) is 0 Å². The number of nitrogens with one attached hydrogen (secondary N) is 1. The molecule has 2 heterocycles. The third kappa shape index (κ3) is 3.34. The van der Waals surface area contributed by atoms with Gasteiger partial charge >= 0.3 is 0 Å². The van der Waals surface area contributed by atoms with Crippen LogP contribution in [0.3, 0.4) is 0 Å². The Morgan fingerprint density at radius 1 is 1.17 bits per heavy atom. The molecule has 1 aromatic heterocycles. The van der Waals surface area contributed by atoms with E-state index in [1.165, 1.54) is 5.56 Å². The van der Waals surface area contributed by atoms with E-state index in [1.54, 1.807) is 6.20 Å². The molecule has 0 bridgehead atoms. The minimum atomic E-state index is -0.519. The zero-order valence-electron chi connectivity index (χ0n) is 14.3. The van der Waals surface area contributed by atoms with Gasteiger partial charge in [0.25, 0.3) is 0 Å². The van der Waals surface area contributed by atoms with Crippen LogP contribution in [0, 0.1) is 6.92 Å². The molecule has 1 amide bonds. The molecule has 1 atom stereocenters. The number of benzene rings is 1. The van der Waals surface area contributed by atoms with Gasteiger partial charge in [0, 0.05) is 19.4 Å². The first-order valence-electron chi connectivity index (χ1n) is 8.49. The van der Waals surface area contributed by atoms with Crippen LogP contribution in [0.4, 0.5) is 0 Å². The number of carbonyl (C=O) groups is 1. The predicted molar refractivity (Wildman–Crippen MR) is 93.7 cm³/mol. The van der Waals surface area contributed by atoms with Crippen molar-refractivity contribution in [3.05, 3.63) is 65.5 Å². The zero-order chi connectivity index (χ0) is 17.0. The van der Waals surface area contributed by atoms with E-state index in [2.05, 4.69) is 41.5 Å². The minimum absolute atomic E-state index is 0.0628. The Balaban J connectivity index is 1.85. The highest BCUT2D eigenvalue weighted by Gasteiger charge is 2.42. The third-order valence-corrected chi connectivity index (χ3v) is 4.86. The first-order chi connectivity index (χ1) is 11.6. The molecular weight excluding hydrogens is 300 g/mol. The Labute approximate surface area is 143 Å². The van der Waals surface area contributed by atoms with E-state index in [0.29, 0.717) is 26.1 Å². The van der Waals surface area contributed by atoms with E-state index in [-0.39, 0.29) is 11.9 Å². The number of nitrogens with zero attached hydrogens (tertiary/aromatic N) is 1. The average molecular weight is 324 g/mol. The van der Waals surface area contributed by atoms with Crippen LogP contribution in [0.1, 0.15) is 42.6 Å². The molecule has 1 saturated heterocycles. The lowest BCUT2D eigenvalue weighted by Crippen LogP contribution is -2.48. The molecule has 1 fully saturated rings. The first-order valence-corrected chi connectivity index (χ1v) is 8.49. The number of ether oxygens (including phenoxy) is 1. The lowest BCUT2D eigenvalue weighted by atomic mass is 9.73. The van der Waals surface area contributed by atoms with Gasteiger partial charge in [-0.25, -0.2) is 0 Å². The number of amides is 1. The lowest BCUT2D eigenvalue weighted by molar-refractivity contribution is -0.131. The Bertz CT molecular complexity index is 677. The van der Waals surface area contributed by atoms with E-state index in [0.717, 1.165) is 11.3 Å². The highest BCUT2D eigenvalue weighted by atomic mass is 16.5. The molecule has 0 radical (unpaired) electrons. The van der Waals surface area contributed by atoms with Crippen LogP contribution >= 0.6 is 0 Å². The van der Waals surface area contributed by atoms with E-state index < -0.39 is 5.41 Å². The van der Waals surface area contributed by atoms with Crippen molar-refractivity contribution in [3.63, 3.8) is 0 Å². The SMILES string of the molecule is Cc1ccc(C2(C(=O)N[C@H](C)c3ccccn3)CCOCC2)cc1. The summed E-state index contributed by atoms with van der Waals surface area (Å²) in [5.41, 5.74) is 2.62. The van der Waals surface area contributed by atoms with Crippen molar-refractivity contribution < 1.29 is 9.53 Å². The maximum atomic E-state index is 13.2. The van der Waals surface area contributed by atoms with Crippen LogP contribution in [0.25, 0.3) is 0 Å². The van der Waals surface area contributed by atoms with Crippen molar-refractivity contribution in [1.29, 1.82) is 0 Å². The average Bonchev–Trinajstić information content (AvgIpc) is 2.63. The van der Waals surface area contributed by atoms with E-state index in [1.807, 2.05) is 25.1 Å². The van der Waals surface area contributed by atoms with Gasteiger partial charge in [-0.15, -0.1) is 0 Å². The third-order valence-electron chi connectivity index (χ3n) is 4.86. The topological polar surface area (TPSA) is 51.2 Å². The Kier molecular flexibility index (Phi) is 4.95. The molecule has 4 heteroatoms. The van der Waals surface area contributed by atoms with Gasteiger partial charge in [-0.1, -0.05) is 35.9 Å². The summed E-state index contributed by atoms with van der Waals surface area (Å²) in [7, 11) is 0. The van der Waals surface area contributed by atoms with Gasteiger partial charge < -0.3 is 10.1 Å². The van der Waals surface area contributed by atoms with Crippen LogP contribution in [0.5, 0.6) is 0 Å². The van der Waals surface area contributed by atoms with E-state index >= 15 is 0 Å². The summed E-state index contributed by atoms with van der Waals surface area (Å²) >= 11 is 0. The second-order valence-electron chi connectivity index (χ2n) is 6.51. The van der Waals surface area contributed by atoms with Gasteiger partial charge in [-0.3, -0.25) is 9.78 Å². The molecule has 1 aliphatic heterocycles. The number of carbonyl (C=O) groups excluding carboxylic acids is 1. The summed E-state index contributed by atoms with van der Waals surface area (Å²) in [5, 5.41) is 3.16. The van der Waals surface area contributed by atoms with Gasteiger partial charge in [0.05, 0.1) is 17.2 Å². The normalized spacial score (nSPS) is 17.9. The molecule has 24 heavy (non-hydrogen) atoms. The summed E-state index contributed by atoms with van der Waals surface area (Å²) in [4.78, 5) is 17.5. The quantitative estimate of drug-likeness (QED) is 0.938. The van der Waals surface area contributed by atoms with Crippen molar-refractivity contribution in [2.24, 2.45) is 0 Å². The second kappa shape index (κ2) is 7.14. The van der Waals surface area contributed by atoms with Crippen molar-refractivity contribution in [1.82, 2.24) is 10.3 Å². The summed E-state index contributed by atoms with van der Waals surface area (Å²) in [6, 6.07) is 13.9. The molecule has 0 spiro atoms. The second-order valence-corrected chi connectivity index (χ2v) is 6.51. The summed E-state index contributed by atoms with van der Waals surface area (Å²) < 4.78 is 5.52. The molecule has 1 aliphatic rings. The van der Waals surface area contributed by atoms with E-state index in [4.69, 9.17) is 4.74 Å². The lowest BCUT2D eigenvalue weighted by Gasteiger charge is -2.37. The Hall–Kier alpha value is -2.20. The van der Waals surface area contributed by atoms with Crippen molar-refractivity contribution in [2.45, 2.75) is 38.1 Å². The monoisotopic (exact) mass is 324 g/mol. The Morgan fingerprint density at radius 2 is 1.88 bits per heavy atom. The fraction of sp³-hybridized carbons (Fsp3) is 0.400. The number of hydrogen-bond acceptors (Lipinski definition) is 3. The minimum Gasteiger partial charge on any atom is -0.381 e. The van der Waals surface area contributed by atoms with Crippen LogP contribution < -0.4 is 5.32 Å². The van der Waals surface area contributed by atoms with Crippen LogP contribution in [0.15, 0.2) is 48.7 Å². The molecule has 4 nitrogen and oxygen atoms in total. The highest BCUT2D eigenvalue weighted by molar-refractivity contribution is 5.88. The van der Waals surface area contributed by atoms with Gasteiger partial charge in [-0.2, -0.15) is 0 Å². The van der Waals surface area contributed by atoms with Gasteiger partial charge in [0.1, 0.15) is 0 Å². The molecule has 2 aromatic rings. The van der Waals surface area contributed by atoms with E-state index in [9.17, 15) is 4.79 Å². The largest absolute Gasteiger partial charge is 0.381 e.